The average molecular weight is 448 g/mol. The molecule has 1 saturated carbocycles. The van der Waals surface area contributed by atoms with E-state index >= 15 is 0 Å². The van der Waals surface area contributed by atoms with Crippen LogP contribution in [-0.2, 0) is 23.2 Å². The fourth-order valence-corrected chi connectivity index (χ4v) is 4.75. The van der Waals surface area contributed by atoms with Gasteiger partial charge in [-0.3, -0.25) is 4.79 Å². The van der Waals surface area contributed by atoms with Crippen LogP contribution < -0.4 is 18.9 Å². The summed E-state index contributed by atoms with van der Waals surface area (Å²) in [5, 5.41) is 4.30. The summed E-state index contributed by atoms with van der Waals surface area (Å²) in [5.41, 5.74) is 3.20. The van der Waals surface area contributed by atoms with Gasteiger partial charge in [-0.05, 0) is 60.7 Å². The van der Waals surface area contributed by atoms with Crippen LogP contribution in [0.15, 0.2) is 40.9 Å². The number of nitrogens with zero attached hydrogens (tertiary/aromatic N) is 2. The molecule has 0 saturated heterocycles. The number of carbonyl (C=O) groups is 1. The first kappa shape index (κ1) is 20.0. The van der Waals surface area contributed by atoms with Gasteiger partial charge in [-0.15, -0.1) is 0 Å². The maximum absolute atomic E-state index is 13.6. The van der Waals surface area contributed by atoms with E-state index in [1.165, 1.54) is 5.56 Å². The number of amides is 1. The van der Waals surface area contributed by atoms with E-state index in [1.54, 1.807) is 14.2 Å². The quantitative estimate of drug-likeness (QED) is 0.588. The second-order valence-corrected chi connectivity index (χ2v) is 8.68. The highest BCUT2D eigenvalue weighted by Gasteiger charge is 2.55. The van der Waals surface area contributed by atoms with E-state index in [2.05, 4.69) is 5.16 Å². The lowest BCUT2D eigenvalue weighted by Gasteiger charge is -2.32. The zero-order valence-corrected chi connectivity index (χ0v) is 18.6. The van der Waals surface area contributed by atoms with Gasteiger partial charge in [0.25, 0.3) is 0 Å². The van der Waals surface area contributed by atoms with Gasteiger partial charge in [0.1, 0.15) is 0 Å². The molecular weight excluding hydrogens is 424 g/mol. The molecule has 3 aliphatic rings. The maximum Gasteiger partial charge on any atom is 0.235 e. The third-order valence-electron chi connectivity index (χ3n) is 6.82. The standard InChI is InChI=1S/C25H24N2O6/c1-29-20-9-15-5-8-27(13-17(15)11-21(20)30-2)24(28)25(6-7-25)23-12-19(33-26-23)16-3-4-18-22(10-16)32-14-31-18/h3-4,9-12H,5-8,13-14H2,1-2H3. The Balaban J connectivity index is 1.24. The largest absolute Gasteiger partial charge is 0.493 e. The smallest absolute Gasteiger partial charge is 0.235 e. The van der Waals surface area contributed by atoms with Gasteiger partial charge in [0.15, 0.2) is 28.8 Å². The van der Waals surface area contributed by atoms with Crippen LogP contribution in [0.3, 0.4) is 0 Å². The predicted molar refractivity (Wildman–Crippen MR) is 118 cm³/mol. The van der Waals surface area contributed by atoms with E-state index in [0.717, 1.165) is 30.4 Å². The van der Waals surface area contributed by atoms with Crippen molar-refractivity contribution in [3.63, 3.8) is 0 Å². The monoisotopic (exact) mass is 448 g/mol. The van der Waals surface area contributed by atoms with Gasteiger partial charge in [0, 0.05) is 24.7 Å². The average Bonchev–Trinajstić information content (AvgIpc) is 3.28. The molecule has 3 heterocycles. The Labute approximate surface area is 191 Å². The molecule has 1 amide bonds. The van der Waals surface area contributed by atoms with E-state index < -0.39 is 5.41 Å². The molecule has 0 radical (unpaired) electrons. The Kier molecular flexibility index (Phi) is 4.50. The van der Waals surface area contributed by atoms with Crippen molar-refractivity contribution in [2.45, 2.75) is 31.2 Å². The molecule has 2 aromatic carbocycles. The van der Waals surface area contributed by atoms with Crippen molar-refractivity contribution in [2.75, 3.05) is 27.6 Å². The minimum Gasteiger partial charge on any atom is -0.493 e. The van der Waals surface area contributed by atoms with Crippen LogP contribution >= 0.6 is 0 Å². The summed E-state index contributed by atoms with van der Waals surface area (Å²) in [7, 11) is 3.26. The molecule has 0 atom stereocenters. The molecule has 0 unspecified atom stereocenters. The third-order valence-corrected chi connectivity index (χ3v) is 6.82. The van der Waals surface area contributed by atoms with E-state index in [-0.39, 0.29) is 12.7 Å². The minimum atomic E-state index is -0.605. The Bertz CT molecular complexity index is 1250. The van der Waals surface area contributed by atoms with Crippen LogP contribution in [-0.4, -0.2) is 43.5 Å². The lowest BCUT2D eigenvalue weighted by atomic mass is 9.94. The molecule has 1 aromatic heterocycles. The highest BCUT2D eigenvalue weighted by Crippen LogP contribution is 2.50. The van der Waals surface area contributed by atoms with Crippen molar-refractivity contribution in [2.24, 2.45) is 0 Å². The number of carbonyl (C=O) groups excluding carboxylic acids is 1. The molecule has 8 nitrogen and oxygen atoms in total. The molecule has 2 aliphatic heterocycles. The van der Waals surface area contributed by atoms with Gasteiger partial charge < -0.3 is 28.4 Å². The number of fused-ring (bicyclic) bond motifs is 2. The Morgan fingerprint density at radius 1 is 1.00 bits per heavy atom. The van der Waals surface area contributed by atoms with Gasteiger partial charge in [-0.25, -0.2) is 0 Å². The molecule has 3 aromatic rings. The van der Waals surface area contributed by atoms with Gasteiger partial charge in [-0.2, -0.15) is 0 Å². The Morgan fingerprint density at radius 2 is 1.76 bits per heavy atom. The van der Waals surface area contributed by atoms with E-state index in [1.807, 2.05) is 41.3 Å². The van der Waals surface area contributed by atoms with Gasteiger partial charge in [-0.1, -0.05) is 5.16 Å². The number of hydrogen-bond donors (Lipinski definition) is 0. The number of ether oxygens (including phenoxy) is 4. The fraction of sp³-hybridized carbons (Fsp3) is 0.360. The molecule has 0 N–H and O–H groups in total. The van der Waals surface area contributed by atoms with Crippen LogP contribution in [0.25, 0.3) is 11.3 Å². The van der Waals surface area contributed by atoms with Crippen LogP contribution in [0, 0.1) is 0 Å². The molecule has 33 heavy (non-hydrogen) atoms. The first-order valence-electron chi connectivity index (χ1n) is 11.0. The second kappa shape index (κ2) is 7.43. The molecule has 170 valence electrons. The fourth-order valence-electron chi connectivity index (χ4n) is 4.75. The predicted octanol–water partition coefficient (Wildman–Crippen LogP) is 3.70. The Hall–Kier alpha value is -3.68. The SMILES string of the molecule is COc1cc2c(cc1OC)CN(C(=O)C1(c3cc(-c4ccc5c(c4)OCO5)on3)CC1)CC2. The summed E-state index contributed by atoms with van der Waals surface area (Å²) in [5.74, 6) is 3.51. The number of benzene rings is 2. The number of aromatic nitrogens is 1. The molecule has 1 fully saturated rings. The van der Waals surface area contributed by atoms with Gasteiger partial charge in [0.05, 0.1) is 25.3 Å². The molecule has 6 rings (SSSR count). The topological polar surface area (TPSA) is 83.3 Å². The third kappa shape index (κ3) is 3.20. The highest BCUT2D eigenvalue weighted by atomic mass is 16.7. The van der Waals surface area contributed by atoms with E-state index in [9.17, 15) is 4.79 Å². The summed E-state index contributed by atoms with van der Waals surface area (Å²) in [6, 6.07) is 11.5. The van der Waals surface area contributed by atoms with Gasteiger partial charge in [0.2, 0.25) is 12.7 Å². The minimum absolute atomic E-state index is 0.105. The summed E-state index contributed by atoms with van der Waals surface area (Å²) in [6.45, 7) is 1.43. The van der Waals surface area contributed by atoms with Crippen molar-refractivity contribution in [3.05, 3.63) is 53.2 Å². The Morgan fingerprint density at radius 3 is 2.52 bits per heavy atom. The molecule has 0 bridgehead atoms. The van der Waals surface area contributed by atoms with Crippen LogP contribution in [0.5, 0.6) is 23.0 Å². The summed E-state index contributed by atoms with van der Waals surface area (Å²) in [4.78, 5) is 15.5. The summed E-state index contributed by atoms with van der Waals surface area (Å²) >= 11 is 0. The first-order valence-corrected chi connectivity index (χ1v) is 11.0. The molecule has 0 spiro atoms. The van der Waals surface area contributed by atoms with Crippen molar-refractivity contribution >= 4 is 5.91 Å². The first-order chi connectivity index (χ1) is 16.1. The maximum atomic E-state index is 13.6. The van der Waals surface area contributed by atoms with E-state index in [0.29, 0.717) is 47.5 Å². The summed E-state index contributed by atoms with van der Waals surface area (Å²) in [6.07, 6.45) is 2.32. The number of methoxy groups -OCH3 is 2. The van der Waals surface area contributed by atoms with Gasteiger partial charge >= 0.3 is 0 Å². The van der Waals surface area contributed by atoms with Crippen molar-refractivity contribution < 1.29 is 28.3 Å². The van der Waals surface area contributed by atoms with Crippen LogP contribution in [0.2, 0.25) is 0 Å². The summed E-state index contributed by atoms with van der Waals surface area (Å²) < 4.78 is 27.4. The highest BCUT2D eigenvalue weighted by molar-refractivity contribution is 5.91. The second-order valence-electron chi connectivity index (χ2n) is 8.68. The number of hydrogen-bond acceptors (Lipinski definition) is 7. The zero-order chi connectivity index (χ0) is 22.6. The lowest BCUT2D eigenvalue weighted by Crippen LogP contribution is -2.42. The van der Waals surface area contributed by atoms with Crippen LogP contribution in [0.1, 0.15) is 29.7 Å². The zero-order valence-electron chi connectivity index (χ0n) is 18.6. The number of rotatable bonds is 5. The van der Waals surface area contributed by atoms with Crippen LogP contribution in [0.4, 0.5) is 0 Å². The molecular formula is C25H24N2O6. The normalized spacial score (nSPS) is 17.5. The molecule has 1 aliphatic carbocycles. The molecule has 8 heteroatoms. The van der Waals surface area contributed by atoms with Crippen molar-refractivity contribution in [1.29, 1.82) is 0 Å². The van der Waals surface area contributed by atoms with Crippen molar-refractivity contribution in [1.82, 2.24) is 10.1 Å². The lowest BCUT2D eigenvalue weighted by molar-refractivity contribution is -0.135. The van der Waals surface area contributed by atoms with E-state index in [4.69, 9.17) is 23.5 Å². The van der Waals surface area contributed by atoms with Crippen molar-refractivity contribution in [3.8, 4) is 34.3 Å².